The fourth-order valence-electron chi connectivity index (χ4n) is 2.22. The van der Waals surface area contributed by atoms with Gasteiger partial charge in [-0.2, -0.15) is 11.8 Å². The fraction of sp³-hybridized carbons (Fsp3) is 0.933. The third kappa shape index (κ3) is 9.42. The molecule has 1 aliphatic heterocycles. The van der Waals surface area contributed by atoms with Gasteiger partial charge in [-0.15, -0.1) is 24.0 Å². The lowest BCUT2D eigenvalue weighted by Crippen LogP contribution is -2.51. The van der Waals surface area contributed by atoms with Crippen LogP contribution in [-0.2, 0) is 9.47 Å². The lowest BCUT2D eigenvalue weighted by atomic mass is 10.2. The van der Waals surface area contributed by atoms with E-state index in [1.807, 2.05) is 11.8 Å². The molecule has 0 aromatic rings. The van der Waals surface area contributed by atoms with Gasteiger partial charge >= 0.3 is 0 Å². The molecule has 1 fully saturated rings. The predicted octanol–water partition coefficient (Wildman–Crippen LogP) is 2.45. The second-order valence-electron chi connectivity index (χ2n) is 5.72. The van der Waals surface area contributed by atoms with Gasteiger partial charge in [0.2, 0.25) is 0 Å². The zero-order chi connectivity index (χ0) is 15.6. The molecule has 22 heavy (non-hydrogen) atoms. The normalized spacial score (nSPS) is 18.0. The number of ether oxygens (including phenoxy) is 2. The molecule has 0 unspecified atom stereocenters. The Bertz CT molecular complexity index is 317. The molecule has 1 rings (SSSR count). The molecule has 0 atom stereocenters. The molecule has 5 nitrogen and oxygen atoms in total. The van der Waals surface area contributed by atoms with E-state index in [1.54, 1.807) is 7.11 Å². The maximum atomic E-state index is 5.46. The maximum absolute atomic E-state index is 5.46. The van der Waals surface area contributed by atoms with E-state index >= 15 is 0 Å². The van der Waals surface area contributed by atoms with E-state index in [0.717, 1.165) is 50.9 Å². The number of thioether (sulfide) groups is 1. The maximum Gasteiger partial charge on any atom is 0.193 e. The molecule has 1 heterocycles. The number of hydrogen-bond acceptors (Lipinski definition) is 4. The van der Waals surface area contributed by atoms with Crippen LogP contribution in [0.1, 0.15) is 27.2 Å². The largest absolute Gasteiger partial charge is 0.382 e. The van der Waals surface area contributed by atoms with Gasteiger partial charge in [-0.25, -0.2) is 0 Å². The van der Waals surface area contributed by atoms with E-state index in [-0.39, 0.29) is 24.0 Å². The van der Waals surface area contributed by atoms with E-state index in [1.165, 1.54) is 0 Å². The number of aliphatic imine (C=N–C) groups is 1. The van der Waals surface area contributed by atoms with Crippen molar-refractivity contribution in [1.29, 1.82) is 0 Å². The molecule has 0 radical (unpaired) electrons. The van der Waals surface area contributed by atoms with E-state index in [4.69, 9.17) is 14.5 Å². The highest BCUT2D eigenvalue weighted by Crippen LogP contribution is 2.29. The molecule has 0 aromatic carbocycles. The highest BCUT2D eigenvalue weighted by atomic mass is 127. The molecule has 0 aromatic heterocycles. The first-order valence-electron chi connectivity index (χ1n) is 7.83. The minimum atomic E-state index is 0. The molecule has 0 aliphatic carbocycles. The van der Waals surface area contributed by atoms with Gasteiger partial charge in [0.15, 0.2) is 5.96 Å². The quantitative estimate of drug-likeness (QED) is 0.269. The second-order valence-corrected chi connectivity index (χ2v) is 7.53. The Morgan fingerprint density at radius 1 is 1.32 bits per heavy atom. The van der Waals surface area contributed by atoms with Gasteiger partial charge in [-0.3, -0.25) is 4.99 Å². The Morgan fingerprint density at radius 3 is 2.73 bits per heavy atom. The SMILES string of the molecule is CCNC(=NCCCOCCOC)N1CCSC(C)(C)C1.I. The van der Waals surface area contributed by atoms with Crippen LogP contribution >= 0.6 is 35.7 Å². The van der Waals surface area contributed by atoms with Gasteiger partial charge in [-0.05, 0) is 27.2 Å². The third-order valence-corrected chi connectivity index (χ3v) is 4.50. The number of methoxy groups -OCH3 is 1. The Morgan fingerprint density at radius 2 is 2.09 bits per heavy atom. The number of hydrogen-bond donors (Lipinski definition) is 1. The van der Waals surface area contributed by atoms with Crippen LogP contribution in [0.4, 0.5) is 0 Å². The van der Waals surface area contributed by atoms with Crippen LogP contribution in [0.3, 0.4) is 0 Å². The van der Waals surface area contributed by atoms with E-state index in [9.17, 15) is 0 Å². The van der Waals surface area contributed by atoms with Gasteiger partial charge in [0, 0.05) is 50.4 Å². The second kappa shape index (κ2) is 12.7. The van der Waals surface area contributed by atoms with E-state index < -0.39 is 0 Å². The van der Waals surface area contributed by atoms with Gasteiger partial charge < -0.3 is 19.7 Å². The molecular formula is C15H32IN3O2S. The molecule has 1 N–H and O–H groups in total. The first-order valence-corrected chi connectivity index (χ1v) is 8.81. The summed E-state index contributed by atoms with van der Waals surface area (Å²) in [5, 5.41) is 3.41. The summed E-state index contributed by atoms with van der Waals surface area (Å²) in [6.07, 6.45) is 0.949. The summed E-state index contributed by atoms with van der Waals surface area (Å²) >= 11 is 2.04. The third-order valence-electron chi connectivity index (χ3n) is 3.20. The average Bonchev–Trinajstić information content (AvgIpc) is 2.44. The summed E-state index contributed by atoms with van der Waals surface area (Å²) in [7, 11) is 1.69. The number of nitrogens with one attached hydrogen (secondary N) is 1. The number of rotatable bonds is 8. The van der Waals surface area contributed by atoms with Crippen LogP contribution in [0.25, 0.3) is 0 Å². The average molecular weight is 445 g/mol. The Kier molecular flexibility index (Phi) is 12.8. The minimum absolute atomic E-state index is 0. The van der Waals surface area contributed by atoms with Crippen molar-refractivity contribution in [3.05, 3.63) is 0 Å². The molecule has 0 spiro atoms. The Labute approximate surface area is 157 Å². The van der Waals surface area contributed by atoms with Gasteiger partial charge in [0.05, 0.1) is 13.2 Å². The number of nitrogens with zero attached hydrogens (tertiary/aromatic N) is 2. The highest BCUT2D eigenvalue weighted by Gasteiger charge is 2.28. The molecule has 1 aliphatic rings. The standard InChI is InChI=1S/C15H31N3O2S.HI/c1-5-16-14(17-7-6-9-20-11-10-19-4)18-8-12-21-15(2,3)13-18;/h5-13H2,1-4H3,(H,16,17);1H. The van der Waals surface area contributed by atoms with Crippen molar-refractivity contribution in [2.75, 3.05) is 58.9 Å². The highest BCUT2D eigenvalue weighted by molar-refractivity contribution is 14.0. The molecule has 7 heteroatoms. The monoisotopic (exact) mass is 445 g/mol. The molecule has 132 valence electrons. The molecule has 0 bridgehead atoms. The van der Waals surface area contributed by atoms with E-state index in [0.29, 0.717) is 18.0 Å². The Balaban J connectivity index is 0.00000441. The predicted molar refractivity (Wildman–Crippen MR) is 107 cm³/mol. The lowest BCUT2D eigenvalue weighted by Gasteiger charge is -2.39. The van der Waals surface area contributed by atoms with Crippen LogP contribution in [0.2, 0.25) is 0 Å². The number of guanidine groups is 1. The smallest absolute Gasteiger partial charge is 0.193 e. The van der Waals surface area contributed by atoms with Crippen LogP contribution in [0.15, 0.2) is 4.99 Å². The summed E-state index contributed by atoms with van der Waals surface area (Å²) in [5.74, 6) is 2.21. The molecule has 1 saturated heterocycles. The van der Waals surface area contributed by atoms with E-state index in [2.05, 4.69) is 31.0 Å². The summed E-state index contributed by atoms with van der Waals surface area (Å²) in [6.45, 7) is 12.6. The van der Waals surface area contributed by atoms with Crippen LogP contribution < -0.4 is 5.32 Å². The lowest BCUT2D eigenvalue weighted by molar-refractivity contribution is 0.0702. The van der Waals surface area contributed by atoms with Crippen molar-refractivity contribution in [3.63, 3.8) is 0 Å². The summed E-state index contributed by atoms with van der Waals surface area (Å²) < 4.78 is 10.7. The summed E-state index contributed by atoms with van der Waals surface area (Å²) in [6, 6.07) is 0. The summed E-state index contributed by atoms with van der Waals surface area (Å²) in [5.41, 5.74) is 0. The summed E-state index contributed by atoms with van der Waals surface area (Å²) in [4.78, 5) is 7.11. The zero-order valence-electron chi connectivity index (χ0n) is 14.4. The van der Waals surface area contributed by atoms with Crippen LogP contribution in [-0.4, -0.2) is 74.5 Å². The van der Waals surface area contributed by atoms with Crippen molar-refractivity contribution < 1.29 is 9.47 Å². The number of halogens is 1. The first-order chi connectivity index (χ1) is 10.1. The minimum Gasteiger partial charge on any atom is -0.382 e. The van der Waals surface area contributed by atoms with Crippen molar-refractivity contribution in [2.24, 2.45) is 4.99 Å². The fourth-order valence-corrected chi connectivity index (χ4v) is 3.33. The molecule has 0 amide bonds. The van der Waals surface area contributed by atoms with Crippen molar-refractivity contribution >= 4 is 41.7 Å². The van der Waals surface area contributed by atoms with Gasteiger partial charge in [0.1, 0.15) is 0 Å². The van der Waals surface area contributed by atoms with Gasteiger partial charge in [0.25, 0.3) is 0 Å². The van der Waals surface area contributed by atoms with Crippen LogP contribution in [0.5, 0.6) is 0 Å². The Hall–Kier alpha value is 0.270. The van der Waals surface area contributed by atoms with Crippen molar-refractivity contribution in [2.45, 2.75) is 31.9 Å². The van der Waals surface area contributed by atoms with Crippen LogP contribution in [0, 0.1) is 0 Å². The zero-order valence-corrected chi connectivity index (χ0v) is 17.5. The van der Waals surface area contributed by atoms with Crippen molar-refractivity contribution in [1.82, 2.24) is 10.2 Å². The first kappa shape index (κ1) is 22.3. The van der Waals surface area contributed by atoms with Gasteiger partial charge in [-0.1, -0.05) is 0 Å². The molecular weight excluding hydrogens is 413 g/mol. The topological polar surface area (TPSA) is 46.1 Å². The molecule has 0 saturated carbocycles. The van der Waals surface area contributed by atoms with Crippen molar-refractivity contribution in [3.8, 4) is 0 Å².